The molecule has 0 radical (unpaired) electrons. The van der Waals surface area contributed by atoms with Crippen molar-refractivity contribution >= 4 is 77.9 Å². The Hall–Kier alpha value is -5.81. The van der Waals surface area contributed by atoms with E-state index in [-0.39, 0.29) is 39.3 Å². The summed E-state index contributed by atoms with van der Waals surface area (Å²) < 4.78 is 26.4. The van der Waals surface area contributed by atoms with E-state index in [1.807, 2.05) is 33.2 Å². The first-order chi connectivity index (χ1) is 39.3. The lowest BCUT2D eigenvalue weighted by molar-refractivity contribution is -0.0366. The Balaban J connectivity index is 0.000000190. The summed E-state index contributed by atoms with van der Waals surface area (Å²) in [5.41, 5.74) is 11.2. The molecule has 13 rings (SSSR count). The van der Waals surface area contributed by atoms with Gasteiger partial charge in [-0.05, 0) is 162 Å². The highest BCUT2D eigenvalue weighted by atomic mass is 32.1. The number of carbonyl (C=O) groups is 1. The molecule has 3 atom stereocenters. The lowest BCUT2D eigenvalue weighted by Gasteiger charge is -2.38. The van der Waals surface area contributed by atoms with Gasteiger partial charge in [-0.1, -0.05) is 12.1 Å². The summed E-state index contributed by atoms with van der Waals surface area (Å²) in [6, 6.07) is 10.5. The molecule has 5 saturated heterocycles. The first-order valence-corrected chi connectivity index (χ1v) is 30.3. The second-order valence-electron chi connectivity index (χ2n) is 24.7. The van der Waals surface area contributed by atoms with Crippen LogP contribution in [0.2, 0.25) is 0 Å². The number of piperidine rings is 1. The van der Waals surface area contributed by atoms with Crippen LogP contribution in [0.1, 0.15) is 125 Å². The van der Waals surface area contributed by atoms with Crippen molar-refractivity contribution in [1.82, 2.24) is 54.6 Å². The third kappa shape index (κ3) is 13.2. The average Bonchev–Trinajstić information content (AvgIpc) is 4.39. The summed E-state index contributed by atoms with van der Waals surface area (Å²) in [7, 11) is 4.35. The Bertz CT molecular complexity index is 3190. The van der Waals surface area contributed by atoms with Crippen LogP contribution in [0.4, 0.5) is 27.8 Å². The van der Waals surface area contributed by atoms with E-state index < -0.39 is 5.60 Å². The van der Waals surface area contributed by atoms with Gasteiger partial charge >= 0.3 is 18.1 Å². The molecular weight excluding hydrogens is 1090 g/mol. The van der Waals surface area contributed by atoms with E-state index in [4.69, 9.17) is 44.0 Å². The minimum Gasteiger partial charge on any atom is -0.462 e. The standard InChI is InChI=1S/C35H50N8O4.C26H35N7O.2H2S/c1-24-11-12-29-27(21-36-43(29)30-10-6-7-20-45-30)31(24)42-15-13-26-28(22-42)37-33(46-23-25-9-8-14-39(25)5)38-32(26)40-16-18-41(19-17-40)34(44)47-35(2,3)4;1-18-8-9-22-21(15-27-30-22)24(18)33-14-10-20-23(16-33)28-26(34-17-19-7-6-11-31(19)2)29-25(20)32-12-4-3-5-13-32;;/h11-12,21,25,30H,6-10,13-20,22-23H2,1-5H3;8-9,15,19H,3-7,10-14,16-17H2,1-2H3,(H,27,30);2*1H2. The minimum absolute atomic E-state index is 0. The fourth-order valence-corrected chi connectivity index (χ4v) is 13.4. The summed E-state index contributed by atoms with van der Waals surface area (Å²) >= 11 is 0. The quantitative estimate of drug-likeness (QED) is 0.130. The predicted octanol–water partition coefficient (Wildman–Crippen LogP) is 8.84. The Morgan fingerprint density at radius 1 is 0.627 bits per heavy atom. The number of benzene rings is 2. The number of anilines is 4. The lowest BCUT2D eigenvalue weighted by Crippen LogP contribution is -2.50. The van der Waals surface area contributed by atoms with E-state index in [2.05, 4.69) is 96.5 Å². The minimum atomic E-state index is -0.517. The number of aromatic amines is 1. The van der Waals surface area contributed by atoms with Crippen LogP contribution >= 0.6 is 27.0 Å². The average molecular weight is 1180 g/mol. The molecule has 11 heterocycles. The molecule has 7 aliphatic rings. The van der Waals surface area contributed by atoms with Crippen molar-refractivity contribution in [3.63, 3.8) is 0 Å². The SMILES string of the molecule is Cc1ccc2[nH]ncc2c1N1CCc2c(nc(OCC3CCCN3C)nc2N2CCCCC2)C1.Cc1ccc2c(cnn2C2CCCCO2)c1N1CCc2c(nc(OCC3CCCN3C)nc2N2CCN(C(=O)OC(C)(C)C)CC2)C1.S.S. The number of nitrogens with zero attached hydrogens (tertiary/aromatic N) is 14. The summed E-state index contributed by atoms with van der Waals surface area (Å²) in [5.74, 6) is 2.04. The monoisotopic (exact) mass is 1180 g/mol. The number of ether oxygens (including phenoxy) is 4. The molecule has 0 aliphatic carbocycles. The van der Waals surface area contributed by atoms with Gasteiger partial charge in [-0.25, -0.2) is 9.48 Å². The van der Waals surface area contributed by atoms with Gasteiger partial charge in [0.15, 0.2) is 6.23 Å². The summed E-state index contributed by atoms with van der Waals surface area (Å²) in [6.45, 7) is 22.2. The van der Waals surface area contributed by atoms with E-state index in [0.29, 0.717) is 70.0 Å². The Kier molecular flexibility index (Phi) is 19.0. The van der Waals surface area contributed by atoms with Gasteiger partial charge < -0.3 is 53.2 Å². The van der Waals surface area contributed by atoms with Crippen LogP contribution in [-0.4, -0.2) is 178 Å². The number of likely N-dealkylation sites (tertiary alicyclic amines) is 2. The number of piperazine rings is 1. The number of fused-ring (bicyclic) bond motifs is 4. The Morgan fingerprint density at radius 2 is 1.20 bits per heavy atom. The van der Waals surface area contributed by atoms with Gasteiger partial charge in [-0.2, -0.15) is 57.1 Å². The number of hydrogen-bond acceptors (Lipinski definition) is 17. The van der Waals surface area contributed by atoms with E-state index in [1.165, 1.54) is 77.5 Å². The number of nitrogens with one attached hydrogen (secondary N) is 1. The Labute approximate surface area is 503 Å². The lowest BCUT2D eigenvalue weighted by atomic mass is 10.0. The highest BCUT2D eigenvalue weighted by molar-refractivity contribution is 7.59. The fourth-order valence-electron chi connectivity index (χ4n) is 13.4. The topological polar surface area (TPSA) is 175 Å². The smallest absolute Gasteiger partial charge is 0.410 e. The van der Waals surface area contributed by atoms with Crippen LogP contribution in [0, 0.1) is 13.8 Å². The van der Waals surface area contributed by atoms with Gasteiger partial charge in [0, 0.05) is 92.9 Å². The molecule has 1 amide bonds. The van der Waals surface area contributed by atoms with E-state index in [1.54, 1.807) is 4.90 Å². The maximum Gasteiger partial charge on any atom is 0.410 e. The van der Waals surface area contributed by atoms with Gasteiger partial charge in [0.1, 0.15) is 30.5 Å². The zero-order valence-corrected chi connectivity index (χ0v) is 52.1. The Morgan fingerprint density at radius 3 is 1.76 bits per heavy atom. The maximum atomic E-state index is 12.8. The largest absolute Gasteiger partial charge is 0.462 e. The highest BCUT2D eigenvalue weighted by Gasteiger charge is 2.34. The number of aromatic nitrogens is 8. The molecule has 20 nitrogen and oxygen atoms in total. The summed E-state index contributed by atoms with van der Waals surface area (Å²) in [6.07, 6.45) is 17.2. The molecule has 0 saturated carbocycles. The van der Waals surface area contributed by atoms with Crippen molar-refractivity contribution in [3.05, 3.63) is 70.3 Å². The van der Waals surface area contributed by atoms with Crippen LogP contribution in [0.15, 0.2) is 36.7 Å². The number of carbonyl (C=O) groups excluding carboxylic acids is 1. The second kappa shape index (κ2) is 26.2. The van der Waals surface area contributed by atoms with Crippen molar-refractivity contribution in [3.8, 4) is 12.0 Å². The van der Waals surface area contributed by atoms with Crippen LogP contribution < -0.4 is 29.1 Å². The third-order valence-electron chi connectivity index (χ3n) is 17.9. The highest BCUT2D eigenvalue weighted by Crippen LogP contribution is 2.40. The van der Waals surface area contributed by atoms with Gasteiger partial charge in [-0.15, -0.1) is 0 Å². The normalized spacial score (nSPS) is 21.5. The van der Waals surface area contributed by atoms with Gasteiger partial charge in [-0.3, -0.25) is 5.10 Å². The molecule has 7 aliphatic heterocycles. The van der Waals surface area contributed by atoms with Crippen LogP contribution in [0.5, 0.6) is 12.0 Å². The fraction of sp³-hybridized carbons (Fsp3) is 0.623. The molecule has 6 aromatic rings. The van der Waals surface area contributed by atoms with Crippen LogP contribution in [0.3, 0.4) is 0 Å². The first kappa shape index (κ1) is 60.3. The predicted molar refractivity (Wildman–Crippen MR) is 337 cm³/mol. The van der Waals surface area contributed by atoms with Crippen molar-refractivity contribution in [1.29, 1.82) is 0 Å². The number of aryl methyl sites for hydroxylation is 2. The van der Waals surface area contributed by atoms with Crippen LogP contribution in [-0.2, 0) is 35.4 Å². The molecule has 0 bridgehead atoms. The molecule has 5 fully saturated rings. The van der Waals surface area contributed by atoms with Crippen molar-refractivity contribution in [2.75, 3.05) is 119 Å². The number of rotatable bonds is 11. The van der Waals surface area contributed by atoms with Crippen molar-refractivity contribution in [2.45, 2.75) is 149 Å². The third-order valence-corrected chi connectivity index (χ3v) is 17.9. The summed E-state index contributed by atoms with van der Waals surface area (Å²) in [4.78, 5) is 49.1. The van der Waals surface area contributed by atoms with Crippen molar-refractivity contribution in [2.24, 2.45) is 0 Å². The maximum absolute atomic E-state index is 12.8. The molecule has 2 aromatic carbocycles. The zero-order chi connectivity index (χ0) is 55.8. The number of hydrogen-bond donors (Lipinski definition) is 1. The van der Waals surface area contributed by atoms with Crippen molar-refractivity contribution < 1.29 is 23.7 Å². The molecule has 83 heavy (non-hydrogen) atoms. The van der Waals surface area contributed by atoms with Gasteiger partial charge in [0.2, 0.25) is 0 Å². The van der Waals surface area contributed by atoms with Crippen LogP contribution in [0.25, 0.3) is 21.8 Å². The molecule has 22 heteroatoms. The summed E-state index contributed by atoms with van der Waals surface area (Å²) in [5, 5.41) is 14.6. The van der Waals surface area contributed by atoms with E-state index in [0.717, 1.165) is 130 Å². The molecule has 3 unspecified atom stereocenters. The van der Waals surface area contributed by atoms with Gasteiger partial charge in [0.25, 0.3) is 0 Å². The molecule has 450 valence electrons. The number of amides is 1. The number of likely N-dealkylation sites (N-methyl/N-ethyl adjacent to an activating group) is 2. The van der Waals surface area contributed by atoms with Gasteiger partial charge in [0.05, 0.1) is 59.3 Å². The zero-order valence-electron chi connectivity index (χ0n) is 50.1. The van der Waals surface area contributed by atoms with E-state index in [9.17, 15) is 4.79 Å². The molecule has 4 aromatic heterocycles. The molecular formula is C61H89N15O5S2. The first-order valence-electron chi connectivity index (χ1n) is 30.3. The number of H-pyrrole nitrogens is 1. The molecule has 1 N–H and O–H groups in total. The molecule has 0 spiro atoms. The second-order valence-corrected chi connectivity index (χ2v) is 24.7. The van der Waals surface area contributed by atoms with E-state index >= 15 is 0 Å².